The summed E-state index contributed by atoms with van der Waals surface area (Å²) in [7, 11) is 0. The average Bonchev–Trinajstić information content (AvgIpc) is 2.50. The van der Waals surface area contributed by atoms with Crippen LogP contribution >= 0.6 is 0 Å². The Morgan fingerprint density at radius 1 is 1.00 bits per heavy atom. The molecule has 110 valence electrons. The van der Waals surface area contributed by atoms with E-state index in [0.29, 0.717) is 16.7 Å². The van der Waals surface area contributed by atoms with E-state index in [1.165, 1.54) is 6.07 Å². The number of ether oxygens (including phenoxy) is 1. The minimum absolute atomic E-state index is 0.114. The molecule has 0 unspecified atom stereocenters. The number of hydrogen-bond acceptors (Lipinski definition) is 4. The van der Waals surface area contributed by atoms with Gasteiger partial charge in [0.2, 0.25) is 0 Å². The van der Waals surface area contributed by atoms with E-state index in [2.05, 4.69) is 0 Å². The third kappa shape index (κ3) is 2.63. The van der Waals surface area contributed by atoms with Crippen LogP contribution < -0.4 is 10.4 Å². The topological polar surface area (TPSA) is 56.5 Å². The molecule has 0 saturated heterocycles. The average molecular weight is 294 g/mol. The number of carbonyl (C=O) groups is 1. The zero-order valence-electron chi connectivity index (χ0n) is 12.3. The molecule has 0 amide bonds. The Kier molecular flexibility index (Phi) is 3.51. The van der Waals surface area contributed by atoms with Gasteiger partial charge in [0.1, 0.15) is 16.9 Å². The zero-order valence-corrected chi connectivity index (χ0v) is 12.3. The van der Waals surface area contributed by atoms with Crippen molar-refractivity contribution in [3.63, 3.8) is 0 Å². The SMILES string of the molecule is Cc1ccc(OC(=O)c2cc3ccccc3oc2=O)cc1C. The highest BCUT2D eigenvalue weighted by Gasteiger charge is 2.16. The van der Waals surface area contributed by atoms with Crippen LogP contribution in [-0.2, 0) is 0 Å². The van der Waals surface area contributed by atoms with Crippen LogP contribution in [0.5, 0.6) is 5.75 Å². The fourth-order valence-corrected chi connectivity index (χ4v) is 2.14. The summed E-state index contributed by atoms with van der Waals surface area (Å²) in [6, 6.07) is 13.8. The Labute approximate surface area is 127 Å². The lowest BCUT2D eigenvalue weighted by atomic mass is 10.1. The number of carbonyl (C=O) groups excluding carboxylic acids is 1. The Balaban J connectivity index is 1.96. The van der Waals surface area contributed by atoms with E-state index in [1.807, 2.05) is 19.9 Å². The second kappa shape index (κ2) is 5.48. The Morgan fingerprint density at radius 2 is 1.77 bits per heavy atom. The van der Waals surface area contributed by atoms with Crippen molar-refractivity contribution in [3.05, 3.63) is 75.6 Å². The van der Waals surface area contributed by atoms with Crippen LogP contribution in [0.3, 0.4) is 0 Å². The number of benzene rings is 2. The summed E-state index contributed by atoms with van der Waals surface area (Å²) in [5.41, 5.74) is 1.74. The predicted octanol–water partition coefficient (Wildman–Crippen LogP) is 3.63. The molecule has 0 aliphatic rings. The maximum absolute atomic E-state index is 12.2. The van der Waals surface area contributed by atoms with Crippen molar-refractivity contribution < 1.29 is 13.9 Å². The highest BCUT2D eigenvalue weighted by atomic mass is 16.5. The lowest BCUT2D eigenvalue weighted by Gasteiger charge is -2.06. The number of hydrogen-bond donors (Lipinski definition) is 0. The molecule has 0 atom stereocenters. The molecule has 2 aromatic carbocycles. The molecular formula is C18H14O4. The monoisotopic (exact) mass is 294 g/mol. The first-order valence-corrected chi connectivity index (χ1v) is 6.87. The fraction of sp³-hybridized carbons (Fsp3) is 0.111. The van der Waals surface area contributed by atoms with Gasteiger partial charge in [0.05, 0.1) is 0 Å². The number of aryl methyl sites for hydroxylation is 2. The number of fused-ring (bicyclic) bond motifs is 1. The third-order valence-corrected chi connectivity index (χ3v) is 3.55. The summed E-state index contributed by atoms with van der Waals surface area (Å²) in [5.74, 6) is -0.316. The van der Waals surface area contributed by atoms with Gasteiger partial charge in [-0.2, -0.15) is 0 Å². The summed E-state index contributed by atoms with van der Waals surface area (Å²) >= 11 is 0. The smallest absolute Gasteiger partial charge is 0.351 e. The van der Waals surface area contributed by atoms with Gasteiger partial charge in [0.25, 0.3) is 0 Å². The van der Waals surface area contributed by atoms with Crippen LogP contribution in [0.1, 0.15) is 21.5 Å². The second-order valence-corrected chi connectivity index (χ2v) is 5.12. The molecule has 22 heavy (non-hydrogen) atoms. The molecule has 0 N–H and O–H groups in total. The summed E-state index contributed by atoms with van der Waals surface area (Å²) in [6.07, 6.45) is 0. The molecule has 0 spiro atoms. The molecule has 4 heteroatoms. The quantitative estimate of drug-likeness (QED) is 0.411. The van der Waals surface area contributed by atoms with Crippen LogP contribution in [0.4, 0.5) is 0 Å². The first-order valence-electron chi connectivity index (χ1n) is 6.87. The van der Waals surface area contributed by atoms with Crippen molar-refractivity contribution >= 4 is 16.9 Å². The Hall–Kier alpha value is -2.88. The van der Waals surface area contributed by atoms with E-state index in [-0.39, 0.29) is 5.56 Å². The molecule has 0 aliphatic heterocycles. The van der Waals surface area contributed by atoms with Gasteiger partial charge in [-0.3, -0.25) is 0 Å². The van der Waals surface area contributed by atoms with E-state index in [0.717, 1.165) is 11.1 Å². The van der Waals surface area contributed by atoms with Gasteiger partial charge in [0.15, 0.2) is 0 Å². The molecule has 0 aliphatic carbocycles. The van der Waals surface area contributed by atoms with Crippen LogP contribution in [0.2, 0.25) is 0 Å². The summed E-state index contributed by atoms with van der Waals surface area (Å²) in [5, 5.41) is 0.675. The minimum atomic E-state index is -0.720. The Bertz CT molecular complexity index is 922. The third-order valence-electron chi connectivity index (χ3n) is 3.55. The molecule has 3 rings (SSSR count). The predicted molar refractivity (Wildman–Crippen MR) is 83.4 cm³/mol. The van der Waals surface area contributed by atoms with E-state index in [9.17, 15) is 9.59 Å². The maximum Gasteiger partial charge on any atom is 0.351 e. The molecule has 0 radical (unpaired) electrons. The molecule has 4 nitrogen and oxygen atoms in total. The largest absolute Gasteiger partial charge is 0.423 e. The molecular weight excluding hydrogens is 280 g/mol. The molecule has 3 aromatic rings. The van der Waals surface area contributed by atoms with Crippen molar-refractivity contribution in [2.75, 3.05) is 0 Å². The summed E-state index contributed by atoms with van der Waals surface area (Å²) in [6.45, 7) is 3.90. The standard InChI is InChI=1S/C18H14O4/c1-11-7-8-14(9-12(11)2)21-17(19)15-10-13-5-3-4-6-16(13)22-18(15)20/h3-10H,1-2H3. The highest BCUT2D eigenvalue weighted by molar-refractivity contribution is 5.94. The normalized spacial score (nSPS) is 10.6. The van der Waals surface area contributed by atoms with E-state index in [4.69, 9.17) is 9.15 Å². The van der Waals surface area contributed by atoms with Crippen molar-refractivity contribution in [2.45, 2.75) is 13.8 Å². The van der Waals surface area contributed by atoms with Gasteiger partial charge in [-0.15, -0.1) is 0 Å². The van der Waals surface area contributed by atoms with E-state index >= 15 is 0 Å². The van der Waals surface area contributed by atoms with Gasteiger partial charge in [0, 0.05) is 5.39 Å². The fourth-order valence-electron chi connectivity index (χ4n) is 2.14. The number of para-hydroxylation sites is 1. The van der Waals surface area contributed by atoms with Crippen molar-refractivity contribution in [1.82, 2.24) is 0 Å². The van der Waals surface area contributed by atoms with Crippen LogP contribution in [0.25, 0.3) is 11.0 Å². The molecule has 1 heterocycles. The van der Waals surface area contributed by atoms with E-state index in [1.54, 1.807) is 36.4 Å². The van der Waals surface area contributed by atoms with Crippen LogP contribution in [0, 0.1) is 13.8 Å². The lowest BCUT2D eigenvalue weighted by molar-refractivity contribution is 0.0730. The van der Waals surface area contributed by atoms with Gasteiger partial charge in [-0.25, -0.2) is 9.59 Å². The van der Waals surface area contributed by atoms with Crippen molar-refractivity contribution in [2.24, 2.45) is 0 Å². The summed E-state index contributed by atoms with van der Waals surface area (Å²) in [4.78, 5) is 24.1. The van der Waals surface area contributed by atoms with Gasteiger partial charge in [-0.05, 0) is 49.2 Å². The highest BCUT2D eigenvalue weighted by Crippen LogP contribution is 2.18. The minimum Gasteiger partial charge on any atom is -0.423 e. The van der Waals surface area contributed by atoms with Crippen molar-refractivity contribution in [1.29, 1.82) is 0 Å². The molecule has 1 aromatic heterocycles. The molecule has 0 bridgehead atoms. The second-order valence-electron chi connectivity index (χ2n) is 5.12. The first-order chi connectivity index (χ1) is 10.5. The maximum atomic E-state index is 12.2. The molecule has 0 saturated carbocycles. The lowest BCUT2D eigenvalue weighted by Crippen LogP contribution is -2.18. The van der Waals surface area contributed by atoms with Crippen LogP contribution in [0.15, 0.2) is 57.7 Å². The van der Waals surface area contributed by atoms with Gasteiger partial charge >= 0.3 is 11.6 Å². The zero-order chi connectivity index (χ0) is 15.7. The van der Waals surface area contributed by atoms with Crippen LogP contribution in [-0.4, -0.2) is 5.97 Å². The number of esters is 1. The number of rotatable bonds is 2. The first kappa shape index (κ1) is 14.1. The van der Waals surface area contributed by atoms with Gasteiger partial charge < -0.3 is 9.15 Å². The summed E-state index contributed by atoms with van der Waals surface area (Å²) < 4.78 is 10.4. The van der Waals surface area contributed by atoms with Crippen molar-refractivity contribution in [3.8, 4) is 5.75 Å². The van der Waals surface area contributed by atoms with E-state index < -0.39 is 11.6 Å². The van der Waals surface area contributed by atoms with Gasteiger partial charge in [-0.1, -0.05) is 24.3 Å². The Morgan fingerprint density at radius 3 is 2.55 bits per heavy atom. The molecule has 0 fully saturated rings.